The van der Waals surface area contributed by atoms with E-state index in [1.54, 1.807) is 11.0 Å². The molecule has 4 rings (SSSR count). The summed E-state index contributed by atoms with van der Waals surface area (Å²) in [6.45, 7) is 5.39. The monoisotopic (exact) mass is 419 g/mol. The first-order chi connectivity index (χ1) is 15.0. The van der Waals surface area contributed by atoms with Crippen molar-refractivity contribution < 1.29 is 14.4 Å². The summed E-state index contributed by atoms with van der Waals surface area (Å²) >= 11 is 0. The molecule has 6 nitrogen and oxygen atoms in total. The highest BCUT2D eigenvalue weighted by molar-refractivity contribution is 6.16. The van der Waals surface area contributed by atoms with E-state index in [0.717, 1.165) is 24.8 Å². The van der Waals surface area contributed by atoms with E-state index in [2.05, 4.69) is 19.2 Å². The Morgan fingerprint density at radius 2 is 1.65 bits per heavy atom. The van der Waals surface area contributed by atoms with Crippen molar-refractivity contribution in [2.45, 2.75) is 45.7 Å². The van der Waals surface area contributed by atoms with E-state index in [0.29, 0.717) is 42.2 Å². The number of nitrogens with zero attached hydrogens (tertiary/aromatic N) is 2. The van der Waals surface area contributed by atoms with Gasteiger partial charge in [0.1, 0.15) is 6.17 Å². The van der Waals surface area contributed by atoms with Gasteiger partial charge in [0.15, 0.2) is 0 Å². The minimum Gasteiger partial charge on any atom is -0.356 e. The molecule has 0 radical (unpaired) electrons. The van der Waals surface area contributed by atoms with E-state index >= 15 is 0 Å². The van der Waals surface area contributed by atoms with Gasteiger partial charge in [0.2, 0.25) is 5.91 Å². The molecule has 2 aromatic rings. The maximum atomic E-state index is 13.3. The van der Waals surface area contributed by atoms with Crippen LogP contribution < -0.4 is 10.2 Å². The minimum atomic E-state index is -0.402. The second-order valence-corrected chi connectivity index (χ2v) is 8.66. The number of benzene rings is 2. The van der Waals surface area contributed by atoms with Gasteiger partial charge in [-0.05, 0) is 37.0 Å². The average Bonchev–Trinajstić information content (AvgIpc) is 3.07. The van der Waals surface area contributed by atoms with Crippen LogP contribution in [0.15, 0.2) is 48.5 Å². The largest absolute Gasteiger partial charge is 0.356 e. The molecule has 3 amide bonds. The van der Waals surface area contributed by atoms with E-state index in [9.17, 15) is 14.4 Å². The molecule has 0 spiro atoms. The van der Waals surface area contributed by atoms with E-state index in [1.165, 1.54) is 0 Å². The fraction of sp³-hybridized carbons (Fsp3) is 0.400. The van der Waals surface area contributed by atoms with E-state index in [1.807, 2.05) is 47.4 Å². The molecular weight excluding hydrogens is 390 g/mol. The van der Waals surface area contributed by atoms with Crippen LogP contribution >= 0.6 is 0 Å². The van der Waals surface area contributed by atoms with Crippen LogP contribution in [-0.2, 0) is 4.79 Å². The van der Waals surface area contributed by atoms with Crippen LogP contribution in [0.4, 0.5) is 5.69 Å². The summed E-state index contributed by atoms with van der Waals surface area (Å²) in [6, 6.07) is 14.9. The van der Waals surface area contributed by atoms with Crippen LogP contribution in [0.1, 0.15) is 72.0 Å². The molecule has 0 saturated heterocycles. The molecular formula is C25H29N3O3. The Hall–Kier alpha value is -3.15. The van der Waals surface area contributed by atoms with Gasteiger partial charge in [-0.1, -0.05) is 50.6 Å². The second-order valence-electron chi connectivity index (χ2n) is 8.66. The minimum absolute atomic E-state index is 0.0453. The Balaban J connectivity index is 1.46. The smallest absolute Gasteiger partial charge is 0.260 e. The zero-order valence-electron chi connectivity index (χ0n) is 18.1. The maximum Gasteiger partial charge on any atom is 0.260 e. The van der Waals surface area contributed by atoms with Crippen LogP contribution in [0.25, 0.3) is 0 Å². The molecule has 2 aromatic carbocycles. The summed E-state index contributed by atoms with van der Waals surface area (Å²) in [6.07, 6.45) is 2.52. The number of amides is 3. The van der Waals surface area contributed by atoms with Crippen molar-refractivity contribution in [1.29, 1.82) is 0 Å². The first kappa shape index (κ1) is 21.1. The summed E-state index contributed by atoms with van der Waals surface area (Å²) in [5.41, 5.74) is 2.77. The number of para-hydroxylation sites is 1. The van der Waals surface area contributed by atoms with Crippen molar-refractivity contribution in [2.75, 3.05) is 18.0 Å². The Morgan fingerprint density at radius 1 is 0.935 bits per heavy atom. The van der Waals surface area contributed by atoms with Crippen molar-refractivity contribution in [3.63, 3.8) is 0 Å². The van der Waals surface area contributed by atoms with E-state index in [-0.39, 0.29) is 17.7 Å². The van der Waals surface area contributed by atoms with Crippen LogP contribution in [0.3, 0.4) is 0 Å². The van der Waals surface area contributed by atoms with Gasteiger partial charge in [-0.2, -0.15) is 0 Å². The molecule has 31 heavy (non-hydrogen) atoms. The summed E-state index contributed by atoms with van der Waals surface area (Å²) in [5.74, 6) is 0.415. The van der Waals surface area contributed by atoms with Gasteiger partial charge in [0.05, 0.1) is 11.3 Å². The van der Waals surface area contributed by atoms with Gasteiger partial charge >= 0.3 is 0 Å². The lowest BCUT2D eigenvalue weighted by Gasteiger charge is -2.41. The summed E-state index contributed by atoms with van der Waals surface area (Å²) < 4.78 is 0. The van der Waals surface area contributed by atoms with Gasteiger partial charge < -0.3 is 10.2 Å². The number of fused-ring (bicyclic) bond motifs is 5. The maximum absolute atomic E-state index is 13.3. The molecule has 1 unspecified atom stereocenters. The van der Waals surface area contributed by atoms with Crippen LogP contribution in [0, 0.1) is 5.92 Å². The van der Waals surface area contributed by atoms with Crippen molar-refractivity contribution in [3.05, 3.63) is 65.2 Å². The third-order valence-electron chi connectivity index (χ3n) is 5.89. The zero-order valence-corrected chi connectivity index (χ0v) is 18.1. The fourth-order valence-electron chi connectivity index (χ4n) is 4.35. The lowest BCUT2D eigenvalue weighted by Crippen LogP contribution is -2.48. The van der Waals surface area contributed by atoms with Gasteiger partial charge in [-0.3, -0.25) is 19.3 Å². The van der Waals surface area contributed by atoms with Gasteiger partial charge in [0, 0.05) is 30.6 Å². The van der Waals surface area contributed by atoms with Crippen LogP contribution in [0.2, 0.25) is 0 Å². The predicted octanol–water partition coefficient (Wildman–Crippen LogP) is 4.13. The number of anilines is 1. The highest BCUT2D eigenvalue weighted by Crippen LogP contribution is 2.45. The number of carbonyl (C=O) groups excluding carboxylic acids is 3. The molecule has 0 aliphatic carbocycles. The Morgan fingerprint density at radius 3 is 2.42 bits per heavy atom. The molecule has 0 saturated carbocycles. The van der Waals surface area contributed by atoms with Gasteiger partial charge in [0.25, 0.3) is 11.8 Å². The van der Waals surface area contributed by atoms with Crippen molar-refractivity contribution in [1.82, 2.24) is 10.2 Å². The molecule has 1 atom stereocenters. The van der Waals surface area contributed by atoms with Gasteiger partial charge in [-0.15, -0.1) is 0 Å². The lowest BCUT2D eigenvalue weighted by atomic mass is 10.0. The van der Waals surface area contributed by atoms with Crippen LogP contribution in [-0.4, -0.2) is 35.7 Å². The zero-order chi connectivity index (χ0) is 22.0. The molecule has 2 heterocycles. The van der Waals surface area contributed by atoms with Gasteiger partial charge in [-0.25, -0.2) is 0 Å². The first-order valence-electron chi connectivity index (χ1n) is 11.1. The molecule has 0 bridgehead atoms. The van der Waals surface area contributed by atoms with Crippen LogP contribution in [0.5, 0.6) is 0 Å². The number of hydrogen-bond donors (Lipinski definition) is 1. The topological polar surface area (TPSA) is 69.7 Å². The predicted molar refractivity (Wildman–Crippen MR) is 120 cm³/mol. The molecule has 2 aliphatic rings. The number of carbonyl (C=O) groups is 3. The fourth-order valence-corrected chi connectivity index (χ4v) is 4.35. The van der Waals surface area contributed by atoms with Crippen molar-refractivity contribution >= 4 is 23.4 Å². The van der Waals surface area contributed by atoms with E-state index in [4.69, 9.17) is 0 Å². The normalized spacial score (nSPS) is 16.9. The standard InChI is InChI=1S/C25H29N3O3/c1-17(2)16-26-22(29)14-4-3-9-15-27-23-18-10-5-6-11-19(18)25(31)28(23)21-13-8-7-12-20(21)24(27)30/h5-8,10-13,17,23H,3-4,9,14-16H2,1-2H3,(H,26,29). The molecule has 0 aromatic heterocycles. The third-order valence-corrected chi connectivity index (χ3v) is 5.89. The number of nitrogens with one attached hydrogen (secondary N) is 1. The first-order valence-corrected chi connectivity index (χ1v) is 11.1. The highest BCUT2D eigenvalue weighted by Gasteiger charge is 2.47. The number of unbranched alkanes of at least 4 members (excludes halogenated alkanes) is 2. The Bertz CT molecular complexity index is 1000. The average molecular weight is 420 g/mol. The lowest BCUT2D eigenvalue weighted by molar-refractivity contribution is -0.121. The Kier molecular flexibility index (Phi) is 6.07. The molecule has 2 aliphatic heterocycles. The molecule has 1 N–H and O–H groups in total. The molecule has 6 heteroatoms. The van der Waals surface area contributed by atoms with E-state index < -0.39 is 6.17 Å². The SMILES string of the molecule is CC(C)CNC(=O)CCCCCN1C(=O)c2ccccc2N2C(=O)c3ccccc3C12. The summed E-state index contributed by atoms with van der Waals surface area (Å²) in [4.78, 5) is 41.9. The summed E-state index contributed by atoms with van der Waals surface area (Å²) in [7, 11) is 0. The highest BCUT2D eigenvalue weighted by atomic mass is 16.2. The third kappa shape index (κ3) is 4.07. The summed E-state index contributed by atoms with van der Waals surface area (Å²) in [5, 5.41) is 2.94. The van der Waals surface area contributed by atoms with Crippen molar-refractivity contribution in [2.24, 2.45) is 5.92 Å². The second kappa shape index (κ2) is 8.92. The quantitative estimate of drug-likeness (QED) is 0.654. The molecule has 162 valence electrons. The number of rotatable bonds is 8. The molecule has 0 fully saturated rings. The number of hydrogen-bond acceptors (Lipinski definition) is 3. The Labute approximate surface area is 183 Å². The van der Waals surface area contributed by atoms with Crippen molar-refractivity contribution in [3.8, 4) is 0 Å².